The van der Waals surface area contributed by atoms with Gasteiger partial charge in [-0.05, 0) is 46.3 Å². The molecule has 3 nitrogen and oxygen atoms in total. The second-order valence-electron chi connectivity index (χ2n) is 5.64. The van der Waals surface area contributed by atoms with E-state index in [-0.39, 0.29) is 11.5 Å². The molecule has 2 unspecified atom stereocenters. The minimum atomic E-state index is -0.240. The molecule has 0 aromatic heterocycles. The van der Waals surface area contributed by atoms with Crippen LogP contribution in [0.25, 0.3) is 0 Å². The number of piperidine rings is 1. The van der Waals surface area contributed by atoms with Crippen molar-refractivity contribution in [2.45, 2.75) is 52.2 Å². The van der Waals surface area contributed by atoms with Crippen LogP contribution in [0.1, 0.15) is 40.0 Å². The average molecular weight is 228 g/mol. The van der Waals surface area contributed by atoms with Gasteiger partial charge in [0.2, 0.25) is 0 Å². The molecule has 0 aromatic carbocycles. The third kappa shape index (κ3) is 3.72. The van der Waals surface area contributed by atoms with Crippen LogP contribution in [0.5, 0.6) is 0 Å². The highest BCUT2D eigenvalue weighted by atomic mass is 16.3. The first-order valence-corrected chi connectivity index (χ1v) is 6.58. The van der Waals surface area contributed by atoms with E-state index in [1.54, 1.807) is 0 Å². The highest BCUT2D eigenvalue weighted by molar-refractivity contribution is 4.84. The second kappa shape index (κ2) is 5.99. The molecule has 96 valence electrons. The number of aliphatic hydroxyl groups excluding tert-OH is 1. The van der Waals surface area contributed by atoms with Crippen molar-refractivity contribution in [2.75, 3.05) is 26.7 Å². The van der Waals surface area contributed by atoms with Gasteiger partial charge in [0.15, 0.2) is 0 Å². The van der Waals surface area contributed by atoms with Gasteiger partial charge in [-0.2, -0.15) is 0 Å². The highest BCUT2D eigenvalue weighted by Gasteiger charge is 2.29. The van der Waals surface area contributed by atoms with E-state index in [4.69, 9.17) is 0 Å². The molecule has 0 saturated carbocycles. The summed E-state index contributed by atoms with van der Waals surface area (Å²) >= 11 is 0. The monoisotopic (exact) mass is 228 g/mol. The predicted molar refractivity (Wildman–Crippen MR) is 68.6 cm³/mol. The maximum absolute atomic E-state index is 9.79. The Labute approximate surface area is 100 Å². The molecule has 0 aliphatic carbocycles. The van der Waals surface area contributed by atoms with Crippen LogP contribution in [0.15, 0.2) is 0 Å². The molecule has 1 heterocycles. The van der Waals surface area contributed by atoms with E-state index in [1.807, 2.05) is 6.92 Å². The molecule has 1 rings (SSSR count). The minimum absolute atomic E-state index is 0.0172. The minimum Gasteiger partial charge on any atom is -0.393 e. The summed E-state index contributed by atoms with van der Waals surface area (Å²) in [6.45, 7) is 9.53. The molecule has 1 aliphatic rings. The van der Waals surface area contributed by atoms with Crippen molar-refractivity contribution in [1.82, 2.24) is 10.2 Å². The zero-order valence-corrected chi connectivity index (χ0v) is 11.3. The van der Waals surface area contributed by atoms with Gasteiger partial charge in [-0.15, -0.1) is 0 Å². The van der Waals surface area contributed by atoms with E-state index in [9.17, 15) is 5.11 Å². The van der Waals surface area contributed by atoms with Gasteiger partial charge < -0.3 is 15.3 Å². The zero-order valence-electron chi connectivity index (χ0n) is 11.3. The number of nitrogens with zero attached hydrogens (tertiary/aromatic N) is 1. The fourth-order valence-corrected chi connectivity index (χ4v) is 2.16. The quantitative estimate of drug-likeness (QED) is 0.748. The number of aliphatic hydroxyl groups is 1. The standard InChI is InChI=1S/C13H28N2O/c1-5-13(3,11(2)16)10-14-12-6-8-15(4)9-7-12/h11-12,14,16H,5-10H2,1-4H3. The fourth-order valence-electron chi connectivity index (χ4n) is 2.16. The number of likely N-dealkylation sites (tertiary alicyclic amines) is 1. The lowest BCUT2D eigenvalue weighted by atomic mass is 9.82. The van der Waals surface area contributed by atoms with Crippen LogP contribution >= 0.6 is 0 Å². The van der Waals surface area contributed by atoms with Gasteiger partial charge >= 0.3 is 0 Å². The SMILES string of the molecule is CCC(C)(CNC1CCN(C)CC1)C(C)O. The number of nitrogens with one attached hydrogen (secondary N) is 1. The second-order valence-corrected chi connectivity index (χ2v) is 5.64. The Bertz CT molecular complexity index is 200. The topological polar surface area (TPSA) is 35.5 Å². The molecular weight excluding hydrogens is 200 g/mol. The Balaban J connectivity index is 2.33. The van der Waals surface area contributed by atoms with Crippen molar-refractivity contribution in [3.8, 4) is 0 Å². The van der Waals surface area contributed by atoms with Crippen LogP contribution in [0.3, 0.4) is 0 Å². The van der Waals surface area contributed by atoms with Gasteiger partial charge in [0, 0.05) is 18.0 Å². The molecule has 1 saturated heterocycles. The van der Waals surface area contributed by atoms with Crippen molar-refractivity contribution >= 4 is 0 Å². The lowest BCUT2D eigenvalue weighted by Gasteiger charge is -2.36. The van der Waals surface area contributed by atoms with Gasteiger partial charge in [-0.3, -0.25) is 0 Å². The van der Waals surface area contributed by atoms with Gasteiger partial charge in [0.1, 0.15) is 0 Å². The molecule has 0 radical (unpaired) electrons. The summed E-state index contributed by atoms with van der Waals surface area (Å²) < 4.78 is 0. The molecule has 0 bridgehead atoms. The lowest BCUT2D eigenvalue weighted by molar-refractivity contribution is 0.0449. The first-order valence-electron chi connectivity index (χ1n) is 6.58. The normalized spacial score (nSPS) is 25.3. The van der Waals surface area contributed by atoms with Crippen LogP contribution in [-0.2, 0) is 0 Å². The van der Waals surface area contributed by atoms with Crippen LogP contribution in [0.2, 0.25) is 0 Å². The largest absolute Gasteiger partial charge is 0.393 e. The Morgan fingerprint density at radius 3 is 2.44 bits per heavy atom. The maximum atomic E-state index is 9.79. The van der Waals surface area contributed by atoms with E-state index >= 15 is 0 Å². The van der Waals surface area contributed by atoms with Crippen LogP contribution in [0, 0.1) is 5.41 Å². The summed E-state index contributed by atoms with van der Waals surface area (Å²) in [6, 6.07) is 0.640. The summed E-state index contributed by atoms with van der Waals surface area (Å²) in [6.07, 6.45) is 3.24. The number of rotatable bonds is 5. The third-order valence-corrected chi connectivity index (χ3v) is 4.33. The molecule has 0 aromatic rings. The molecule has 3 heteroatoms. The summed E-state index contributed by atoms with van der Waals surface area (Å²) in [5, 5.41) is 13.4. The van der Waals surface area contributed by atoms with Crippen molar-refractivity contribution in [3.05, 3.63) is 0 Å². The van der Waals surface area contributed by atoms with Crippen molar-refractivity contribution < 1.29 is 5.11 Å². The molecule has 0 spiro atoms. The Morgan fingerprint density at radius 1 is 1.44 bits per heavy atom. The first kappa shape index (κ1) is 13.9. The molecule has 0 amide bonds. The Morgan fingerprint density at radius 2 is 2.00 bits per heavy atom. The molecule has 2 N–H and O–H groups in total. The molecule has 16 heavy (non-hydrogen) atoms. The number of hydrogen-bond acceptors (Lipinski definition) is 3. The average Bonchev–Trinajstić information content (AvgIpc) is 2.27. The summed E-state index contributed by atoms with van der Waals surface area (Å²) in [7, 11) is 2.18. The van der Waals surface area contributed by atoms with E-state index in [0.717, 1.165) is 13.0 Å². The summed E-state index contributed by atoms with van der Waals surface area (Å²) in [4.78, 5) is 2.38. The van der Waals surface area contributed by atoms with Gasteiger partial charge in [-0.1, -0.05) is 13.8 Å². The molecule has 1 aliphatic heterocycles. The smallest absolute Gasteiger partial charge is 0.0577 e. The lowest BCUT2D eigenvalue weighted by Crippen LogP contribution is -2.47. The fraction of sp³-hybridized carbons (Fsp3) is 1.00. The van der Waals surface area contributed by atoms with Crippen molar-refractivity contribution in [2.24, 2.45) is 5.41 Å². The van der Waals surface area contributed by atoms with Crippen molar-refractivity contribution in [3.63, 3.8) is 0 Å². The molecule has 2 atom stereocenters. The Hall–Kier alpha value is -0.120. The third-order valence-electron chi connectivity index (χ3n) is 4.33. The van der Waals surface area contributed by atoms with Crippen LogP contribution in [-0.4, -0.2) is 48.8 Å². The summed E-state index contributed by atoms with van der Waals surface area (Å²) in [5.41, 5.74) is 0.0172. The van der Waals surface area contributed by atoms with Crippen LogP contribution < -0.4 is 5.32 Å². The highest BCUT2D eigenvalue weighted by Crippen LogP contribution is 2.25. The zero-order chi connectivity index (χ0) is 12.2. The van der Waals surface area contributed by atoms with Crippen LogP contribution in [0.4, 0.5) is 0 Å². The maximum Gasteiger partial charge on any atom is 0.0577 e. The molecule has 1 fully saturated rings. The van der Waals surface area contributed by atoms with Gasteiger partial charge in [-0.25, -0.2) is 0 Å². The van der Waals surface area contributed by atoms with Gasteiger partial charge in [0.05, 0.1) is 6.10 Å². The van der Waals surface area contributed by atoms with E-state index in [1.165, 1.54) is 25.9 Å². The molecular formula is C13H28N2O. The van der Waals surface area contributed by atoms with E-state index < -0.39 is 0 Å². The van der Waals surface area contributed by atoms with Crippen molar-refractivity contribution in [1.29, 1.82) is 0 Å². The predicted octanol–water partition coefficient (Wildman–Crippen LogP) is 1.47. The summed E-state index contributed by atoms with van der Waals surface area (Å²) in [5.74, 6) is 0. The van der Waals surface area contributed by atoms with E-state index in [0.29, 0.717) is 6.04 Å². The first-order chi connectivity index (χ1) is 7.48. The Kier molecular flexibility index (Phi) is 5.22. The number of hydrogen-bond donors (Lipinski definition) is 2. The van der Waals surface area contributed by atoms with Gasteiger partial charge in [0.25, 0.3) is 0 Å². The van der Waals surface area contributed by atoms with E-state index in [2.05, 4.69) is 31.1 Å².